The molecule has 0 heterocycles. The number of ether oxygens (including phenoxy) is 1. The fraction of sp³-hybridized carbons (Fsp3) is 0.929. The second-order valence-corrected chi connectivity index (χ2v) is 6.75. The van der Waals surface area contributed by atoms with Crippen LogP contribution in [-0.2, 0) is 19.6 Å². The highest BCUT2D eigenvalue weighted by molar-refractivity contribution is 7.86. The summed E-state index contributed by atoms with van der Waals surface area (Å²) in [6, 6.07) is 0. The van der Waals surface area contributed by atoms with Crippen LogP contribution in [0.2, 0.25) is 0 Å². The summed E-state index contributed by atoms with van der Waals surface area (Å²) in [4.78, 5) is 11.4. The van der Waals surface area contributed by atoms with Crippen LogP contribution >= 0.6 is 0 Å². The number of carbonyl (C=O) groups is 1. The minimum atomic E-state index is -4.55. The Bertz CT molecular complexity index is 366. The van der Waals surface area contributed by atoms with Gasteiger partial charge in [0.1, 0.15) is 0 Å². The lowest BCUT2D eigenvalue weighted by Crippen LogP contribution is -2.30. The van der Waals surface area contributed by atoms with Crippen molar-refractivity contribution in [3.05, 3.63) is 0 Å². The van der Waals surface area contributed by atoms with E-state index in [9.17, 15) is 13.2 Å². The maximum Gasteiger partial charge on any atom is 0.307 e. The van der Waals surface area contributed by atoms with Crippen molar-refractivity contribution in [2.75, 3.05) is 6.61 Å². The molecule has 0 aliphatic heterocycles. The van der Waals surface area contributed by atoms with Gasteiger partial charge in [0.05, 0.1) is 6.61 Å². The van der Waals surface area contributed by atoms with Crippen molar-refractivity contribution in [2.24, 2.45) is 0 Å². The Kier molecular flexibility index (Phi) is 11.6. The van der Waals surface area contributed by atoms with Gasteiger partial charge in [-0.15, -0.1) is 0 Å². The molecule has 0 saturated heterocycles. The Morgan fingerprint density at radius 3 is 1.90 bits per heavy atom. The molecule has 0 spiro atoms. The van der Waals surface area contributed by atoms with E-state index in [4.69, 9.17) is 9.66 Å². The van der Waals surface area contributed by atoms with E-state index >= 15 is 0 Å². The lowest BCUT2D eigenvalue weighted by molar-refractivity contribution is -0.147. The van der Waals surface area contributed by atoms with Gasteiger partial charge in [-0.25, -0.2) is 0 Å². The van der Waals surface area contributed by atoms with Gasteiger partial charge < -0.3 is 9.84 Å². The Balaban J connectivity index is 3.58. The summed E-state index contributed by atoms with van der Waals surface area (Å²) in [5, 5.41) is 8.72. The van der Waals surface area contributed by atoms with Crippen molar-refractivity contribution in [2.45, 2.75) is 76.6 Å². The SMILES string of the molecule is CCCCCCCCCCCC(=O)OC(CO)S(=O)(=O)O. The van der Waals surface area contributed by atoms with E-state index in [2.05, 4.69) is 11.7 Å². The number of unbranched alkanes of at least 4 members (excludes halogenated alkanes) is 8. The first-order valence-corrected chi connectivity index (χ1v) is 9.18. The molecule has 0 amide bonds. The molecule has 0 radical (unpaired) electrons. The molecule has 0 aliphatic rings. The number of hydrogen-bond acceptors (Lipinski definition) is 5. The summed E-state index contributed by atoms with van der Waals surface area (Å²) in [5.74, 6) is -0.713. The molecule has 2 N–H and O–H groups in total. The van der Waals surface area contributed by atoms with Crippen LogP contribution in [0.15, 0.2) is 0 Å². The fourth-order valence-corrected chi connectivity index (χ4v) is 2.40. The van der Waals surface area contributed by atoms with Crippen molar-refractivity contribution in [1.82, 2.24) is 0 Å². The number of aliphatic hydroxyl groups excluding tert-OH is 1. The van der Waals surface area contributed by atoms with E-state index in [-0.39, 0.29) is 6.42 Å². The van der Waals surface area contributed by atoms with Gasteiger partial charge in [0.15, 0.2) is 0 Å². The minimum absolute atomic E-state index is 0.0991. The fourth-order valence-electron chi connectivity index (χ4n) is 1.98. The maximum absolute atomic E-state index is 11.4. The van der Waals surface area contributed by atoms with Gasteiger partial charge in [-0.1, -0.05) is 58.3 Å². The zero-order valence-corrected chi connectivity index (χ0v) is 13.6. The van der Waals surface area contributed by atoms with E-state index in [0.717, 1.165) is 19.3 Å². The van der Waals surface area contributed by atoms with Gasteiger partial charge >= 0.3 is 16.1 Å². The highest BCUT2D eigenvalue weighted by atomic mass is 32.2. The van der Waals surface area contributed by atoms with E-state index in [0.29, 0.717) is 6.42 Å². The zero-order valence-electron chi connectivity index (χ0n) is 12.8. The normalized spacial score (nSPS) is 13.1. The zero-order chi connectivity index (χ0) is 16.1. The van der Waals surface area contributed by atoms with Crippen molar-refractivity contribution in [3.63, 3.8) is 0 Å². The predicted octanol–water partition coefficient (Wildman–Crippen LogP) is 2.66. The topological polar surface area (TPSA) is 101 Å². The average Bonchev–Trinajstić information content (AvgIpc) is 2.41. The van der Waals surface area contributed by atoms with Gasteiger partial charge in [-0.2, -0.15) is 8.42 Å². The third-order valence-electron chi connectivity index (χ3n) is 3.23. The molecular weight excluding hydrogens is 296 g/mol. The van der Waals surface area contributed by atoms with Crippen LogP contribution in [0.3, 0.4) is 0 Å². The van der Waals surface area contributed by atoms with Crippen molar-refractivity contribution in [1.29, 1.82) is 0 Å². The second-order valence-electron chi connectivity index (χ2n) is 5.20. The summed E-state index contributed by atoms with van der Waals surface area (Å²) in [7, 11) is -4.55. The first-order chi connectivity index (χ1) is 9.91. The monoisotopic (exact) mass is 324 g/mol. The molecule has 0 rings (SSSR count). The predicted molar refractivity (Wildman–Crippen MR) is 80.4 cm³/mol. The number of aliphatic hydroxyl groups is 1. The van der Waals surface area contributed by atoms with Gasteiger partial charge in [0.25, 0.3) is 0 Å². The third kappa shape index (κ3) is 11.7. The maximum atomic E-state index is 11.4. The Labute approximate surface area is 127 Å². The standard InChI is InChI=1S/C14H28O6S/c1-2-3-4-5-6-7-8-9-10-11-13(16)20-14(12-15)21(17,18)19/h14-15H,2-12H2,1H3,(H,17,18,19). The highest BCUT2D eigenvalue weighted by Crippen LogP contribution is 2.11. The molecular formula is C14H28O6S. The molecule has 1 atom stereocenters. The van der Waals surface area contributed by atoms with Crippen LogP contribution in [0.25, 0.3) is 0 Å². The van der Waals surface area contributed by atoms with Crippen LogP contribution in [0, 0.1) is 0 Å². The summed E-state index contributed by atoms with van der Waals surface area (Å²) in [5.41, 5.74) is -1.87. The summed E-state index contributed by atoms with van der Waals surface area (Å²) in [6.45, 7) is 1.24. The van der Waals surface area contributed by atoms with Gasteiger partial charge in [0, 0.05) is 6.42 Å². The number of carbonyl (C=O) groups excluding carboxylic acids is 1. The average molecular weight is 324 g/mol. The molecule has 6 nitrogen and oxygen atoms in total. The summed E-state index contributed by atoms with van der Waals surface area (Å²) >= 11 is 0. The molecule has 0 aromatic rings. The van der Waals surface area contributed by atoms with Crippen molar-refractivity contribution in [3.8, 4) is 0 Å². The lowest BCUT2D eigenvalue weighted by atomic mass is 10.1. The van der Waals surface area contributed by atoms with Crippen molar-refractivity contribution >= 4 is 16.1 Å². The highest BCUT2D eigenvalue weighted by Gasteiger charge is 2.25. The van der Waals surface area contributed by atoms with Crippen LogP contribution < -0.4 is 0 Å². The van der Waals surface area contributed by atoms with Crippen LogP contribution in [-0.4, -0.2) is 36.1 Å². The molecule has 0 aromatic carbocycles. The molecule has 0 aromatic heterocycles. The molecule has 7 heteroatoms. The molecule has 126 valence electrons. The summed E-state index contributed by atoms with van der Waals surface area (Å²) < 4.78 is 34.7. The smallest absolute Gasteiger partial charge is 0.307 e. The van der Waals surface area contributed by atoms with Gasteiger partial charge in [0.2, 0.25) is 5.44 Å². The van der Waals surface area contributed by atoms with E-state index in [1.165, 1.54) is 32.1 Å². The molecule has 0 saturated carbocycles. The molecule has 21 heavy (non-hydrogen) atoms. The first kappa shape index (κ1) is 20.3. The first-order valence-electron chi connectivity index (χ1n) is 7.68. The number of hydrogen-bond donors (Lipinski definition) is 2. The van der Waals surface area contributed by atoms with Crippen molar-refractivity contribution < 1.29 is 27.6 Å². The van der Waals surface area contributed by atoms with E-state index < -0.39 is 28.1 Å². The molecule has 0 bridgehead atoms. The molecule has 0 aliphatic carbocycles. The van der Waals surface area contributed by atoms with E-state index in [1.54, 1.807) is 0 Å². The number of rotatable bonds is 13. The third-order valence-corrected chi connectivity index (χ3v) is 4.14. The van der Waals surface area contributed by atoms with Gasteiger partial charge in [-0.05, 0) is 6.42 Å². The lowest BCUT2D eigenvalue weighted by Gasteiger charge is -2.12. The van der Waals surface area contributed by atoms with E-state index in [1.807, 2.05) is 0 Å². The summed E-state index contributed by atoms with van der Waals surface area (Å²) in [6.07, 6.45) is 10.1. The van der Waals surface area contributed by atoms with Gasteiger partial charge in [-0.3, -0.25) is 9.35 Å². The Hall–Kier alpha value is -0.660. The largest absolute Gasteiger partial charge is 0.441 e. The molecule has 1 unspecified atom stereocenters. The second kappa shape index (κ2) is 11.9. The quantitative estimate of drug-likeness (QED) is 0.307. The van der Waals surface area contributed by atoms with Crippen LogP contribution in [0.4, 0.5) is 0 Å². The Morgan fingerprint density at radius 1 is 1.00 bits per heavy atom. The van der Waals surface area contributed by atoms with Crippen LogP contribution in [0.5, 0.6) is 0 Å². The Morgan fingerprint density at radius 2 is 1.48 bits per heavy atom. The van der Waals surface area contributed by atoms with Crippen LogP contribution in [0.1, 0.15) is 71.1 Å². The minimum Gasteiger partial charge on any atom is -0.441 e. The number of esters is 1. The molecule has 0 fully saturated rings.